The molecule has 3 N–H and O–H groups in total. The molecule has 0 bridgehead atoms. The largest absolute Gasteiger partial charge is 0.368 e. The van der Waals surface area contributed by atoms with Crippen LogP contribution in [0.25, 0.3) is 0 Å². The third-order valence-corrected chi connectivity index (χ3v) is 3.70. The van der Waals surface area contributed by atoms with E-state index in [2.05, 4.69) is 5.32 Å². The van der Waals surface area contributed by atoms with Gasteiger partial charge in [0.2, 0.25) is 5.91 Å². The molecule has 112 valence electrons. The summed E-state index contributed by atoms with van der Waals surface area (Å²) in [5, 5.41) is 2.46. The Kier molecular flexibility index (Phi) is 4.67. The zero-order valence-corrected chi connectivity index (χ0v) is 11.5. The summed E-state index contributed by atoms with van der Waals surface area (Å²) in [6.07, 6.45) is 2.01. The van der Waals surface area contributed by atoms with Gasteiger partial charge in [0.1, 0.15) is 17.6 Å². The van der Waals surface area contributed by atoms with Crippen LogP contribution in [0.5, 0.6) is 0 Å². The van der Waals surface area contributed by atoms with Gasteiger partial charge in [-0.25, -0.2) is 4.39 Å². The highest BCUT2D eigenvalue weighted by atomic mass is 19.1. The Morgan fingerprint density at radius 3 is 2.67 bits per heavy atom. The van der Waals surface area contributed by atoms with Crippen LogP contribution in [0.2, 0.25) is 0 Å². The summed E-state index contributed by atoms with van der Waals surface area (Å²) in [6.45, 7) is 0. The second-order valence-electron chi connectivity index (χ2n) is 5.23. The van der Waals surface area contributed by atoms with E-state index < -0.39 is 23.7 Å². The molecule has 1 aromatic carbocycles. The number of carbonyl (C=O) groups excluding carboxylic acids is 3. The molecule has 0 aromatic heterocycles. The molecule has 1 aliphatic rings. The Bertz CT molecular complexity index is 574. The van der Waals surface area contributed by atoms with Gasteiger partial charge in [-0.3, -0.25) is 14.4 Å². The van der Waals surface area contributed by atoms with E-state index in [-0.39, 0.29) is 23.7 Å². The fourth-order valence-electron chi connectivity index (χ4n) is 2.63. The van der Waals surface area contributed by atoms with E-state index in [1.807, 2.05) is 0 Å². The standard InChI is InChI=1S/C15H17FN2O3/c16-12-7-2-1-6-11(12)15(21)18-13(14(17)20)9-4-3-5-10(19)8-9/h1-2,6-7,9,13H,3-5,8H2,(H2,17,20)(H,18,21)/t9-,13-/m0/s1. The summed E-state index contributed by atoms with van der Waals surface area (Å²) in [6, 6.07) is 4.53. The number of hydrogen-bond donors (Lipinski definition) is 2. The molecule has 0 unspecified atom stereocenters. The topological polar surface area (TPSA) is 89.3 Å². The van der Waals surface area contributed by atoms with Crippen molar-refractivity contribution < 1.29 is 18.8 Å². The number of hydrogen-bond acceptors (Lipinski definition) is 3. The summed E-state index contributed by atoms with van der Waals surface area (Å²) < 4.78 is 13.6. The molecule has 0 saturated heterocycles. The van der Waals surface area contributed by atoms with E-state index in [1.165, 1.54) is 24.3 Å². The van der Waals surface area contributed by atoms with Gasteiger partial charge in [0.25, 0.3) is 5.91 Å². The molecule has 2 amide bonds. The molecule has 6 heteroatoms. The van der Waals surface area contributed by atoms with Crippen molar-refractivity contribution in [2.75, 3.05) is 0 Å². The van der Waals surface area contributed by atoms with E-state index in [1.54, 1.807) is 0 Å². The average molecular weight is 292 g/mol. The molecule has 21 heavy (non-hydrogen) atoms. The second kappa shape index (κ2) is 6.47. The minimum atomic E-state index is -0.957. The first-order valence-corrected chi connectivity index (χ1v) is 6.85. The normalized spacial score (nSPS) is 19.9. The van der Waals surface area contributed by atoms with Gasteiger partial charge in [0.05, 0.1) is 5.56 Å². The fraction of sp³-hybridized carbons (Fsp3) is 0.400. The molecule has 0 spiro atoms. The number of amides is 2. The van der Waals surface area contributed by atoms with E-state index in [0.717, 1.165) is 0 Å². The van der Waals surface area contributed by atoms with E-state index in [4.69, 9.17) is 5.73 Å². The molecule has 2 rings (SSSR count). The lowest BCUT2D eigenvalue weighted by atomic mass is 9.82. The summed E-state index contributed by atoms with van der Waals surface area (Å²) in [5.74, 6) is -2.34. The summed E-state index contributed by atoms with van der Waals surface area (Å²) >= 11 is 0. The number of nitrogens with two attached hydrogens (primary N) is 1. The molecule has 0 heterocycles. The first-order valence-electron chi connectivity index (χ1n) is 6.85. The molecule has 1 aliphatic carbocycles. The van der Waals surface area contributed by atoms with Gasteiger partial charge in [0.15, 0.2) is 0 Å². The molecular weight excluding hydrogens is 275 g/mol. The number of primary amides is 1. The Labute approximate surface area is 121 Å². The molecule has 1 saturated carbocycles. The van der Waals surface area contributed by atoms with Crippen LogP contribution in [0.15, 0.2) is 24.3 Å². The van der Waals surface area contributed by atoms with Crippen molar-refractivity contribution in [3.63, 3.8) is 0 Å². The smallest absolute Gasteiger partial charge is 0.254 e. The third-order valence-electron chi connectivity index (χ3n) is 3.70. The van der Waals surface area contributed by atoms with E-state index >= 15 is 0 Å². The van der Waals surface area contributed by atoms with Crippen LogP contribution in [0.3, 0.4) is 0 Å². The van der Waals surface area contributed by atoms with Crippen LogP contribution in [-0.2, 0) is 9.59 Å². The van der Waals surface area contributed by atoms with Crippen molar-refractivity contribution in [1.82, 2.24) is 5.32 Å². The number of rotatable bonds is 4. The number of Topliss-reactive ketones (excluding diaryl/α,β-unsaturated/α-hetero) is 1. The Hall–Kier alpha value is -2.24. The zero-order chi connectivity index (χ0) is 15.4. The van der Waals surface area contributed by atoms with Gasteiger partial charge in [-0.15, -0.1) is 0 Å². The average Bonchev–Trinajstić information content (AvgIpc) is 2.44. The van der Waals surface area contributed by atoms with Gasteiger partial charge in [-0.1, -0.05) is 12.1 Å². The molecule has 1 aromatic rings. The predicted octanol–water partition coefficient (Wildman–Crippen LogP) is 1.17. The number of nitrogens with one attached hydrogen (secondary N) is 1. The van der Waals surface area contributed by atoms with Gasteiger partial charge in [-0.05, 0) is 30.9 Å². The van der Waals surface area contributed by atoms with Gasteiger partial charge >= 0.3 is 0 Å². The van der Waals surface area contributed by atoms with Crippen LogP contribution >= 0.6 is 0 Å². The highest BCUT2D eigenvalue weighted by molar-refractivity contribution is 5.97. The minimum absolute atomic E-state index is 0.0534. The quantitative estimate of drug-likeness (QED) is 0.873. The fourth-order valence-corrected chi connectivity index (χ4v) is 2.63. The Morgan fingerprint density at radius 1 is 1.33 bits per heavy atom. The molecular formula is C15H17FN2O3. The molecule has 5 nitrogen and oxygen atoms in total. The van der Waals surface area contributed by atoms with Gasteiger partial charge in [-0.2, -0.15) is 0 Å². The summed E-state index contributed by atoms with van der Waals surface area (Å²) in [4.78, 5) is 35.1. The minimum Gasteiger partial charge on any atom is -0.368 e. The lowest BCUT2D eigenvalue weighted by molar-refractivity contribution is -0.124. The molecule has 2 atom stereocenters. The zero-order valence-electron chi connectivity index (χ0n) is 11.5. The first-order chi connectivity index (χ1) is 9.99. The van der Waals surface area contributed by atoms with Crippen LogP contribution in [0, 0.1) is 11.7 Å². The highest BCUT2D eigenvalue weighted by Crippen LogP contribution is 2.24. The number of ketones is 1. The van der Waals surface area contributed by atoms with Crippen LogP contribution in [0.4, 0.5) is 4.39 Å². The van der Waals surface area contributed by atoms with Crippen LogP contribution in [0.1, 0.15) is 36.0 Å². The van der Waals surface area contributed by atoms with E-state index in [9.17, 15) is 18.8 Å². The molecule has 1 fully saturated rings. The SMILES string of the molecule is NC(=O)[C@@H](NC(=O)c1ccccc1F)[C@H]1CCCC(=O)C1. The maximum atomic E-state index is 13.6. The first kappa shape index (κ1) is 15.2. The molecule has 0 aliphatic heterocycles. The highest BCUT2D eigenvalue weighted by Gasteiger charge is 2.32. The van der Waals surface area contributed by atoms with Crippen molar-refractivity contribution in [2.45, 2.75) is 31.7 Å². The molecule has 0 radical (unpaired) electrons. The predicted molar refractivity (Wildman–Crippen MR) is 73.8 cm³/mol. The van der Waals surface area contributed by atoms with Crippen molar-refractivity contribution in [3.05, 3.63) is 35.6 Å². The maximum Gasteiger partial charge on any atom is 0.254 e. The monoisotopic (exact) mass is 292 g/mol. The van der Waals surface area contributed by atoms with Crippen molar-refractivity contribution in [3.8, 4) is 0 Å². The lowest BCUT2D eigenvalue weighted by Gasteiger charge is -2.28. The second-order valence-corrected chi connectivity index (χ2v) is 5.23. The number of carbonyl (C=O) groups is 3. The number of halogens is 1. The van der Waals surface area contributed by atoms with Crippen LogP contribution in [-0.4, -0.2) is 23.6 Å². The maximum absolute atomic E-state index is 13.6. The van der Waals surface area contributed by atoms with Gasteiger partial charge < -0.3 is 11.1 Å². The van der Waals surface area contributed by atoms with Crippen LogP contribution < -0.4 is 11.1 Å². The Balaban J connectivity index is 2.13. The van der Waals surface area contributed by atoms with Crippen molar-refractivity contribution >= 4 is 17.6 Å². The Morgan fingerprint density at radius 2 is 2.05 bits per heavy atom. The number of benzene rings is 1. The van der Waals surface area contributed by atoms with Crippen molar-refractivity contribution in [1.29, 1.82) is 0 Å². The summed E-state index contributed by atoms with van der Waals surface area (Å²) in [5.41, 5.74) is 5.17. The third kappa shape index (κ3) is 3.65. The summed E-state index contributed by atoms with van der Waals surface area (Å²) in [7, 11) is 0. The van der Waals surface area contributed by atoms with E-state index in [0.29, 0.717) is 19.3 Å². The van der Waals surface area contributed by atoms with Gasteiger partial charge in [0, 0.05) is 12.8 Å². The lowest BCUT2D eigenvalue weighted by Crippen LogP contribution is -2.50. The van der Waals surface area contributed by atoms with Crippen molar-refractivity contribution in [2.24, 2.45) is 11.7 Å².